The number of piperidine rings is 1. The Balaban J connectivity index is 1.22. The van der Waals surface area contributed by atoms with Crippen LogP contribution in [0.4, 0.5) is 19.0 Å². The van der Waals surface area contributed by atoms with Crippen LogP contribution >= 0.6 is 11.3 Å². The number of nitrogens with zero attached hydrogens (tertiary/aromatic N) is 5. The minimum Gasteiger partial charge on any atom is -0.367 e. The molecule has 1 saturated heterocycles. The van der Waals surface area contributed by atoms with Crippen molar-refractivity contribution in [3.8, 4) is 6.07 Å². The van der Waals surface area contributed by atoms with Gasteiger partial charge in [-0.2, -0.15) is 18.4 Å². The number of thiophene rings is 1. The second-order valence-corrected chi connectivity index (χ2v) is 9.85. The smallest absolute Gasteiger partial charge is 0.367 e. The van der Waals surface area contributed by atoms with Crippen molar-refractivity contribution in [2.45, 2.75) is 38.0 Å². The monoisotopic (exact) mass is 499 g/mol. The molecule has 0 radical (unpaired) electrons. The first-order valence-corrected chi connectivity index (χ1v) is 12.2. The van der Waals surface area contributed by atoms with Gasteiger partial charge in [0.2, 0.25) is 0 Å². The van der Waals surface area contributed by atoms with Gasteiger partial charge in [-0.05, 0) is 42.7 Å². The number of hydrogen-bond donors (Lipinski definition) is 2. The zero-order chi connectivity index (χ0) is 24.6. The van der Waals surface area contributed by atoms with Gasteiger partial charge in [-0.25, -0.2) is 14.6 Å². The lowest BCUT2D eigenvalue weighted by Gasteiger charge is -2.32. The molecule has 35 heavy (non-hydrogen) atoms. The topological polar surface area (TPSA) is 81.8 Å². The summed E-state index contributed by atoms with van der Waals surface area (Å²) in [6.45, 7) is 2.61. The van der Waals surface area contributed by atoms with E-state index in [0.29, 0.717) is 21.7 Å². The molecule has 7 nitrogen and oxygen atoms in total. The number of rotatable bonds is 6. The summed E-state index contributed by atoms with van der Waals surface area (Å²) in [6.07, 6.45) is -1.98. The highest BCUT2D eigenvalue weighted by Crippen LogP contribution is 2.33. The van der Waals surface area contributed by atoms with Crippen molar-refractivity contribution in [1.29, 1.82) is 5.26 Å². The maximum absolute atomic E-state index is 12.8. The van der Waals surface area contributed by atoms with Crippen LogP contribution in [0.15, 0.2) is 36.7 Å². The summed E-state index contributed by atoms with van der Waals surface area (Å²) in [4.78, 5) is 11.7. The quantitative estimate of drug-likeness (QED) is 0.394. The highest BCUT2D eigenvalue weighted by Gasteiger charge is 2.29. The maximum atomic E-state index is 12.8. The maximum Gasteiger partial charge on any atom is 0.393 e. The first-order valence-electron chi connectivity index (χ1n) is 11.3. The average Bonchev–Trinajstić information content (AvgIpc) is 3.39. The molecule has 2 N–H and O–H groups in total. The molecule has 0 aliphatic carbocycles. The number of nitrogens with one attached hydrogen (secondary N) is 2. The van der Waals surface area contributed by atoms with E-state index in [1.807, 2.05) is 12.1 Å². The highest BCUT2D eigenvalue weighted by molar-refractivity contribution is 7.18. The van der Waals surface area contributed by atoms with Crippen molar-refractivity contribution in [2.75, 3.05) is 30.9 Å². The largest absolute Gasteiger partial charge is 0.393 e. The number of aromatic nitrogens is 3. The van der Waals surface area contributed by atoms with E-state index in [4.69, 9.17) is 0 Å². The van der Waals surface area contributed by atoms with Gasteiger partial charge in [0, 0.05) is 43.0 Å². The molecular weight excluding hydrogens is 475 g/mol. The van der Waals surface area contributed by atoms with Crippen LogP contribution < -0.4 is 10.7 Å². The fraction of sp³-hybridized carbons (Fsp3) is 0.375. The van der Waals surface area contributed by atoms with Crippen LogP contribution in [0.2, 0.25) is 0 Å². The van der Waals surface area contributed by atoms with E-state index in [1.165, 1.54) is 11.9 Å². The molecule has 4 heterocycles. The minimum absolute atomic E-state index is 0.195. The van der Waals surface area contributed by atoms with Crippen LogP contribution in [0.25, 0.3) is 21.1 Å². The van der Waals surface area contributed by atoms with Gasteiger partial charge in [0.05, 0.1) is 17.3 Å². The first kappa shape index (κ1) is 23.4. The van der Waals surface area contributed by atoms with Crippen molar-refractivity contribution in [1.82, 2.24) is 19.5 Å². The standard InChI is InChI=1S/C24H24F3N7S/c1-29-34-18(12-28)9-16-8-15(2-3-21(16)34)13-33-6-4-17(5-7-33)32-22-20-10-19(11-24(25,26)27)35-23(20)31-14-30-22/h2-3,8-10,14,17,29H,4-7,11,13H2,1H3,(H,30,31,32). The van der Waals surface area contributed by atoms with E-state index in [2.05, 4.69) is 43.8 Å². The molecule has 0 saturated carbocycles. The third-order valence-electron chi connectivity index (χ3n) is 6.29. The number of likely N-dealkylation sites (tertiary alicyclic amines) is 1. The predicted octanol–water partition coefficient (Wildman–Crippen LogP) is 4.87. The van der Waals surface area contributed by atoms with Crippen molar-refractivity contribution >= 4 is 38.3 Å². The molecule has 1 aliphatic rings. The van der Waals surface area contributed by atoms with Crippen LogP contribution in [-0.2, 0) is 13.0 Å². The molecule has 1 fully saturated rings. The molecule has 5 rings (SSSR count). The summed E-state index contributed by atoms with van der Waals surface area (Å²) in [5, 5.41) is 14.5. The number of alkyl halides is 3. The first-order chi connectivity index (χ1) is 16.8. The van der Waals surface area contributed by atoms with Crippen molar-refractivity contribution in [3.63, 3.8) is 0 Å². The highest BCUT2D eigenvalue weighted by atomic mass is 32.1. The van der Waals surface area contributed by atoms with Crippen LogP contribution in [0, 0.1) is 11.3 Å². The Hall–Kier alpha value is -3.36. The summed E-state index contributed by atoms with van der Waals surface area (Å²) in [7, 11) is 1.79. The SMILES string of the molecule is CNn1c(C#N)cc2cc(CN3CCC(Nc4ncnc5sc(CC(F)(F)F)cc45)CC3)ccc21. The Morgan fingerprint density at radius 1 is 1.17 bits per heavy atom. The van der Waals surface area contributed by atoms with E-state index in [1.54, 1.807) is 17.8 Å². The van der Waals surface area contributed by atoms with Crippen LogP contribution in [0.1, 0.15) is 29.0 Å². The Bertz CT molecular complexity index is 1390. The molecule has 1 aliphatic heterocycles. The molecule has 11 heteroatoms. The number of benzene rings is 1. The van der Waals surface area contributed by atoms with Crippen LogP contribution in [0.3, 0.4) is 0 Å². The van der Waals surface area contributed by atoms with Crippen LogP contribution in [-0.4, -0.2) is 51.9 Å². The average molecular weight is 500 g/mol. The van der Waals surface area contributed by atoms with Gasteiger partial charge < -0.3 is 10.7 Å². The van der Waals surface area contributed by atoms with Gasteiger partial charge in [0.15, 0.2) is 0 Å². The number of anilines is 1. The second kappa shape index (κ2) is 9.36. The fourth-order valence-electron chi connectivity index (χ4n) is 4.68. The summed E-state index contributed by atoms with van der Waals surface area (Å²) < 4.78 is 40.2. The zero-order valence-electron chi connectivity index (χ0n) is 19.1. The van der Waals surface area contributed by atoms with E-state index < -0.39 is 12.6 Å². The van der Waals surface area contributed by atoms with Gasteiger partial charge in [-0.3, -0.25) is 4.90 Å². The number of fused-ring (bicyclic) bond motifs is 2. The van der Waals surface area contributed by atoms with Crippen LogP contribution in [0.5, 0.6) is 0 Å². The second-order valence-electron chi connectivity index (χ2n) is 8.73. The number of hydrogen-bond acceptors (Lipinski definition) is 7. The zero-order valence-corrected chi connectivity index (χ0v) is 19.9. The number of nitriles is 1. The Morgan fingerprint density at radius 2 is 1.97 bits per heavy atom. The minimum atomic E-state index is -4.24. The van der Waals surface area contributed by atoms with Gasteiger partial charge in [-0.15, -0.1) is 11.3 Å². The predicted molar refractivity (Wildman–Crippen MR) is 131 cm³/mol. The van der Waals surface area contributed by atoms with E-state index >= 15 is 0 Å². The lowest BCUT2D eigenvalue weighted by Crippen LogP contribution is -2.38. The van der Waals surface area contributed by atoms with Gasteiger partial charge in [0.25, 0.3) is 0 Å². The molecule has 0 bridgehead atoms. The summed E-state index contributed by atoms with van der Waals surface area (Å²) >= 11 is 1.07. The molecule has 0 amide bonds. The third-order valence-corrected chi connectivity index (χ3v) is 7.34. The summed E-state index contributed by atoms with van der Waals surface area (Å²) in [6, 6.07) is 12.1. The molecule has 1 aromatic carbocycles. The molecule has 0 unspecified atom stereocenters. The fourth-order valence-corrected chi connectivity index (χ4v) is 5.70. The van der Waals surface area contributed by atoms with Crippen molar-refractivity contribution in [3.05, 3.63) is 52.8 Å². The van der Waals surface area contributed by atoms with Gasteiger partial charge in [-0.1, -0.05) is 6.07 Å². The lowest BCUT2D eigenvalue weighted by molar-refractivity contribution is -0.126. The Labute approximate surface area is 204 Å². The van der Waals surface area contributed by atoms with E-state index in [9.17, 15) is 18.4 Å². The third kappa shape index (κ3) is 5.04. The van der Waals surface area contributed by atoms with Crippen molar-refractivity contribution in [2.24, 2.45) is 0 Å². The van der Waals surface area contributed by atoms with Gasteiger partial charge in [0.1, 0.15) is 28.7 Å². The molecule has 4 aromatic rings. The lowest BCUT2D eigenvalue weighted by atomic mass is 10.0. The molecular formula is C24H24F3N7S. The Kier molecular flexibility index (Phi) is 6.25. The van der Waals surface area contributed by atoms with E-state index in [-0.39, 0.29) is 10.9 Å². The molecule has 0 spiro atoms. The molecule has 3 aromatic heterocycles. The summed E-state index contributed by atoms with van der Waals surface area (Å²) in [5.41, 5.74) is 5.77. The van der Waals surface area contributed by atoms with Gasteiger partial charge >= 0.3 is 6.18 Å². The number of halogens is 3. The van der Waals surface area contributed by atoms with Crippen molar-refractivity contribution < 1.29 is 13.2 Å². The normalized spacial score (nSPS) is 15.5. The Morgan fingerprint density at radius 3 is 2.69 bits per heavy atom. The molecule has 0 atom stereocenters. The van der Waals surface area contributed by atoms with E-state index in [0.717, 1.165) is 54.7 Å². The molecule has 182 valence electrons. The summed E-state index contributed by atoms with van der Waals surface area (Å²) in [5.74, 6) is 0.603.